The van der Waals surface area contributed by atoms with Gasteiger partial charge >= 0.3 is 0 Å². The molecule has 0 amide bonds. The van der Waals surface area contributed by atoms with E-state index in [0.717, 1.165) is 32.5 Å². The van der Waals surface area contributed by atoms with Gasteiger partial charge in [0.15, 0.2) is 5.65 Å². The number of aromatic nitrogens is 4. The zero-order valence-electron chi connectivity index (χ0n) is 12.5. The summed E-state index contributed by atoms with van der Waals surface area (Å²) in [5.41, 5.74) is 6.75. The quantitative estimate of drug-likeness (QED) is 0.682. The number of piperidine rings is 1. The zero-order valence-corrected chi connectivity index (χ0v) is 12.5. The average molecular weight is 304 g/mol. The Kier molecular flexibility index (Phi) is 2.98. The van der Waals surface area contributed by atoms with Crippen molar-refractivity contribution in [3.05, 3.63) is 16.6 Å². The van der Waals surface area contributed by atoms with E-state index in [-0.39, 0.29) is 23.1 Å². The maximum atomic E-state index is 12.0. The van der Waals surface area contributed by atoms with Gasteiger partial charge in [-0.1, -0.05) is 0 Å². The van der Waals surface area contributed by atoms with Gasteiger partial charge in [-0.3, -0.25) is 14.9 Å². The van der Waals surface area contributed by atoms with Crippen LogP contribution >= 0.6 is 0 Å². The molecule has 2 aromatic rings. The van der Waals surface area contributed by atoms with E-state index in [2.05, 4.69) is 25.1 Å². The van der Waals surface area contributed by atoms with Crippen LogP contribution in [0.2, 0.25) is 0 Å². The normalized spacial score (nSPS) is 27.8. The van der Waals surface area contributed by atoms with Gasteiger partial charge in [-0.15, -0.1) is 0 Å². The SMILES string of the molecule is C[C@@H]1OCC2(CCN(c3nc4[nH]ncc4c(=O)[nH]3)CC2)[C@@H]1N. The largest absolute Gasteiger partial charge is 0.376 e. The van der Waals surface area contributed by atoms with E-state index < -0.39 is 0 Å². The van der Waals surface area contributed by atoms with Crippen molar-refractivity contribution < 1.29 is 4.74 Å². The minimum absolute atomic E-state index is 0.0638. The maximum Gasteiger partial charge on any atom is 0.263 e. The summed E-state index contributed by atoms with van der Waals surface area (Å²) >= 11 is 0. The van der Waals surface area contributed by atoms with E-state index in [9.17, 15) is 4.79 Å². The predicted molar refractivity (Wildman–Crippen MR) is 81.8 cm³/mol. The highest BCUT2D eigenvalue weighted by atomic mass is 16.5. The van der Waals surface area contributed by atoms with Gasteiger partial charge in [0.2, 0.25) is 5.95 Å². The van der Waals surface area contributed by atoms with Crippen molar-refractivity contribution in [3.63, 3.8) is 0 Å². The monoisotopic (exact) mass is 304 g/mol. The summed E-state index contributed by atoms with van der Waals surface area (Å²) in [4.78, 5) is 21.4. The molecule has 0 radical (unpaired) electrons. The third-order valence-corrected chi connectivity index (χ3v) is 5.21. The second-order valence-corrected chi connectivity index (χ2v) is 6.41. The van der Waals surface area contributed by atoms with Crippen molar-refractivity contribution in [2.75, 3.05) is 24.6 Å². The van der Waals surface area contributed by atoms with Crippen LogP contribution in [0, 0.1) is 5.41 Å². The van der Waals surface area contributed by atoms with E-state index in [1.54, 1.807) is 0 Å². The highest BCUT2D eigenvalue weighted by Gasteiger charge is 2.47. The number of rotatable bonds is 1. The van der Waals surface area contributed by atoms with Crippen LogP contribution in [-0.4, -0.2) is 52.0 Å². The van der Waals surface area contributed by atoms with Crippen LogP contribution in [-0.2, 0) is 4.74 Å². The molecular formula is C14H20N6O2. The van der Waals surface area contributed by atoms with Gasteiger partial charge in [0.25, 0.3) is 5.56 Å². The van der Waals surface area contributed by atoms with Crippen molar-refractivity contribution in [1.29, 1.82) is 0 Å². The summed E-state index contributed by atoms with van der Waals surface area (Å²) in [6.45, 7) is 4.39. The number of aromatic amines is 2. The standard InChI is InChI=1S/C14H20N6O2/c1-8-10(15)14(7-22-8)2-4-20(5-3-14)13-17-11-9(6-16-19-11)12(21)18-13/h6,8,10H,2-5,7,15H2,1H3,(H2,16,17,18,19,21)/t8-,10+/m0/s1. The molecule has 4 heterocycles. The van der Waals surface area contributed by atoms with Crippen LogP contribution in [0.5, 0.6) is 0 Å². The van der Waals surface area contributed by atoms with Gasteiger partial charge in [-0.25, -0.2) is 0 Å². The fourth-order valence-electron chi connectivity index (χ4n) is 3.62. The lowest BCUT2D eigenvalue weighted by Gasteiger charge is -2.41. The Morgan fingerprint density at radius 2 is 2.23 bits per heavy atom. The summed E-state index contributed by atoms with van der Waals surface area (Å²) in [6, 6.07) is 0.0803. The van der Waals surface area contributed by atoms with Crippen LogP contribution in [0.1, 0.15) is 19.8 Å². The number of nitrogens with zero attached hydrogens (tertiary/aromatic N) is 3. The fourth-order valence-corrected chi connectivity index (χ4v) is 3.62. The second kappa shape index (κ2) is 4.79. The molecule has 2 aromatic heterocycles. The van der Waals surface area contributed by atoms with E-state index in [1.165, 1.54) is 6.20 Å². The first-order valence-corrected chi connectivity index (χ1v) is 7.65. The smallest absolute Gasteiger partial charge is 0.263 e. The lowest BCUT2D eigenvalue weighted by molar-refractivity contribution is 0.0973. The van der Waals surface area contributed by atoms with E-state index in [1.807, 2.05) is 6.92 Å². The van der Waals surface area contributed by atoms with Gasteiger partial charge in [0.1, 0.15) is 5.39 Å². The van der Waals surface area contributed by atoms with Crippen molar-refractivity contribution in [2.24, 2.45) is 11.1 Å². The topological polar surface area (TPSA) is 113 Å². The number of ether oxygens (including phenoxy) is 1. The second-order valence-electron chi connectivity index (χ2n) is 6.41. The Bertz CT molecular complexity index is 745. The molecule has 22 heavy (non-hydrogen) atoms. The Morgan fingerprint density at radius 3 is 2.91 bits per heavy atom. The molecule has 2 aliphatic heterocycles. The molecular weight excluding hydrogens is 284 g/mol. The minimum atomic E-state index is -0.163. The first-order chi connectivity index (χ1) is 10.6. The van der Waals surface area contributed by atoms with Gasteiger partial charge in [-0.05, 0) is 19.8 Å². The molecule has 0 bridgehead atoms. The molecule has 0 aromatic carbocycles. The van der Waals surface area contributed by atoms with Crippen LogP contribution < -0.4 is 16.2 Å². The van der Waals surface area contributed by atoms with E-state index in [4.69, 9.17) is 10.5 Å². The first-order valence-electron chi connectivity index (χ1n) is 7.65. The van der Waals surface area contributed by atoms with Crippen molar-refractivity contribution in [1.82, 2.24) is 20.2 Å². The van der Waals surface area contributed by atoms with Gasteiger partial charge in [-0.2, -0.15) is 10.1 Å². The van der Waals surface area contributed by atoms with Gasteiger partial charge in [0, 0.05) is 24.5 Å². The number of H-pyrrole nitrogens is 2. The Morgan fingerprint density at radius 1 is 1.45 bits per heavy atom. The molecule has 4 N–H and O–H groups in total. The third-order valence-electron chi connectivity index (χ3n) is 5.21. The lowest BCUT2D eigenvalue weighted by atomic mass is 9.73. The molecule has 2 aliphatic rings. The number of hydrogen-bond donors (Lipinski definition) is 3. The zero-order chi connectivity index (χ0) is 15.3. The average Bonchev–Trinajstić information content (AvgIpc) is 3.10. The molecule has 118 valence electrons. The number of nitrogens with two attached hydrogens (primary N) is 1. The van der Waals surface area contributed by atoms with Crippen molar-refractivity contribution >= 4 is 17.0 Å². The number of nitrogens with one attached hydrogen (secondary N) is 2. The Labute approximate surface area is 127 Å². The van der Waals surface area contributed by atoms with Crippen LogP contribution in [0.25, 0.3) is 11.0 Å². The van der Waals surface area contributed by atoms with Crippen LogP contribution in [0.4, 0.5) is 5.95 Å². The Hall–Kier alpha value is -1.93. The molecule has 8 nitrogen and oxygen atoms in total. The molecule has 0 aliphatic carbocycles. The number of anilines is 1. The predicted octanol–water partition coefficient (Wildman–Crippen LogP) is -0.0212. The minimum Gasteiger partial charge on any atom is -0.376 e. The molecule has 8 heteroatoms. The molecule has 2 fully saturated rings. The highest BCUT2D eigenvalue weighted by molar-refractivity contribution is 5.73. The van der Waals surface area contributed by atoms with E-state index >= 15 is 0 Å². The third kappa shape index (κ3) is 1.94. The fraction of sp³-hybridized carbons (Fsp3) is 0.643. The summed E-state index contributed by atoms with van der Waals surface area (Å²) in [5, 5.41) is 7.10. The lowest BCUT2D eigenvalue weighted by Crippen LogP contribution is -2.51. The maximum absolute atomic E-state index is 12.0. The van der Waals surface area contributed by atoms with Crippen LogP contribution in [0.3, 0.4) is 0 Å². The number of fused-ring (bicyclic) bond motifs is 1. The first kappa shape index (κ1) is 13.7. The summed E-state index contributed by atoms with van der Waals surface area (Å²) in [7, 11) is 0. The Balaban J connectivity index is 1.57. The highest BCUT2D eigenvalue weighted by Crippen LogP contribution is 2.41. The molecule has 1 spiro atoms. The van der Waals surface area contributed by atoms with Crippen LogP contribution in [0.15, 0.2) is 11.0 Å². The molecule has 4 rings (SSSR count). The molecule has 2 atom stereocenters. The molecule has 0 saturated carbocycles. The molecule has 0 unspecified atom stereocenters. The summed E-state index contributed by atoms with van der Waals surface area (Å²) in [6.07, 6.45) is 3.50. The van der Waals surface area contributed by atoms with Gasteiger partial charge < -0.3 is 15.4 Å². The molecule has 2 saturated heterocycles. The van der Waals surface area contributed by atoms with Crippen molar-refractivity contribution in [2.45, 2.75) is 31.9 Å². The summed E-state index contributed by atoms with van der Waals surface area (Å²) in [5.74, 6) is 0.595. The number of hydrogen-bond acceptors (Lipinski definition) is 6. The van der Waals surface area contributed by atoms with Gasteiger partial charge in [0.05, 0.1) is 18.9 Å². The van der Waals surface area contributed by atoms with Crippen molar-refractivity contribution in [3.8, 4) is 0 Å². The van der Waals surface area contributed by atoms with E-state index in [0.29, 0.717) is 17.0 Å². The summed E-state index contributed by atoms with van der Waals surface area (Å²) < 4.78 is 5.74.